The zero-order valence-corrected chi connectivity index (χ0v) is 20.7. The van der Waals surface area contributed by atoms with Gasteiger partial charge in [0.1, 0.15) is 5.56 Å². The second-order valence-electron chi connectivity index (χ2n) is 10.4. The third-order valence-electron chi connectivity index (χ3n) is 7.70. The molecule has 3 heterocycles. The maximum atomic E-state index is 13.2. The van der Waals surface area contributed by atoms with E-state index in [1.807, 2.05) is 38.1 Å². The lowest BCUT2D eigenvalue weighted by Gasteiger charge is -2.39. The average Bonchev–Trinajstić information content (AvgIpc) is 3.03. The van der Waals surface area contributed by atoms with Crippen molar-refractivity contribution in [1.29, 1.82) is 0 Å². The number of piperidine rings is 1. The second kappa shape index (κ2) is 10.9. The number of carbonyl (C=O) groups excluding carboxylic acids is 1. The maximum absolute atomic E-state index is 13.2. The molecule has 0 spiro atoms. The van der Waals surface area contributed by atoms with Crippen LogP contribution in [0.4, 0.5) is 0 Å². The largest absolute Gasteiger partial charge is 0.349 e. The molecule has 1 unspecified atom stereocenters. The van der Waals surface area contributed by atoms with Gasteiger partial charge in [-0.05, 0) is 70.0 Å². The smallest absolute Gasteiger partial charge is 0.264 e. The summed E-state index contributed by atoms with van der Waals surface area (Å²) in [6, 6.07) is 10.9. The summed E-state index contributed by atoms with van der Waals surface area (Å²) in [4.78, 5) is 29.1. The molecule has 4 rings (SSSR count). The Labute approximate surface area is 198 Å². The quantitative estimate of drug-likeness (QED) is 0.474. The number of unbranched alkanes of at least 4 members (excludes halogenated alkanes) is 5. The van der Waals surface area contributed by atoms with Crippen molar-refractivity contribution in [3.05, 3.63) is 46.2 Å². The van der Waals surface area contributed by atoms with Crippen molar-refractivity contribution in [3.8, 4) is 0 Å². The molecule has 2 aliphatic heterocycles. The lowest BCUT2D eigenvalue weighted by molar-refractivity contribution is 0.0839. The summed E-state index contributed by atoms with van der Waals surface area (Å²) < 4.78 is 1.75. The van der Waals surface area contributed by atoms with Gasteiger partial charge in [-0.1, -0.05) is 57.2 Å². The first-order valence-electron chi connectivity index (χ1n) is 13.2. The van der Waals surface area contributed by atoms with E-state index in [-0.39, 0.29) is 29.1 Å². The second-order valence-corrected chi connectivity index (χ2v) is 10.4. The van der Waals surface area contributed by atoms with E-state index >= 15 is 0 Å². The van der Waals surface area contributed by atoms with Crippen molar-refractivity contribution >= 4 is 16.8 Å². The Morgan fingerprint density at radius 3 is 2.39 bits per heavy atom. The minimum Gasteiger partial charge on any atom is -0.349 e. The molecule has 180 valence electrons. The Hall–Kier alpha value is -2.14. The Balaban J connectivity index is 1.39. The SMILES string of the molecule is CCCCCCCCN1[C@@H]2CC[C@H]1CC(NC(=O)c1cc3ccccc3n(C(C)C)c1=O)C2. The number of hydrogen-bond acceptors (Lipinski definition) is 3. The van der Waals surface area contributed by atoms with Crippen molar-refractivity contribution < 1.29 is 4.79 Å². The van der Waals surface area contributed by atoms with E-state index in [2.05, 4.69) is 17.1 Å². The molecular formula is C28H41N3O2. The van der Waals surface area contributed by atoms with Crippen molar-refractivity contribution in [2.45, 2.75) is 109 Å². The highest BCUT2D eigenvalue weighted by atomic mass is 16.2. The molecule has 1 amide bonds. The predicted molar refractivity (Wildman–Crippen MR) is 136 cm³/mol. The Bertz CT molecular complexity index is 998. The Morgan fingerprint density at radius 2 is 1.70 bits per heavy atom. The van der Waals surface area contributed by atoms with Gasteiger partial charge < -0.3 is 9.88 Å². The molecule has 2 aliphatic rings. The van der Waals surface area contributed by atoms with Crippen LogP contribution in [0.2, 0.25) is 0 Å². The molecule has 1 aromatic heterocycles. The first kappa shape index (κ1) is 24.0. The van der Waals surface area contributed by atoms with Gasteiger partial charge in [0.15, 0.2) is 0 Å². The van der Waals surface area contributed by atoms with Crippen molar-refractivity contribution in [3.63, 3.8) is 0 Å². The van der Waals surface area contributed by atoms with Crippen molar-refractivity contribution in [1.82, 2.24) is 14.8 Å². The molecule has 2 aromatic rings. The first-order chi connectivity index (χ1) is 16.0. The van der Waals surface area contributed by atoms with Crippen LogP contribution in [0.25, 0.3) is 10.9 Å². The van der Waals surface area contributed by atoms with Crippen LogP contribution < -0.4 is 10.9 Å². The summed E-state index contributed by atoms with van der Waals surface area (Å²) in [5, 5.41) is 4.17. The third-order valence-corrected chi connectivity index (χ3v) is 7.70. The zero-order valence-electron chi connectivity index (χ0n) is 20.7. The molecule has 2 saturated heterocycles. The number of benzene rings is 1. The van der Waals surface area contributed by atoms with Crippen LogP contribution in [-0.4, -0.2) is 40.0 Å². The maximum Gasteiger partial charge on any atom is 0.264 e. The predicted octanol–water partition coefficient (Wildman–Crippen LogP) is 5.67. The van der Waals surface area contributed by atoms with Crippen LogP contribution >= 0.6 is 0 Å². The van der Waals surface area contributed by atoms with Crippen LogP contribution in [0.5, 0.6) is 0 Å². The monoisotopic (exact) mass is 451 g/mol. The minimum absolute atomic E-state index is 0.00351. The van der Waals surface area contributed by atoms with Crippen LogP contribution in [-0.2, 0) is 0 Å². The van der Waals surface area contributed by atoms with Crippen LogP contribution in [0.3, 0.4) is 0 Å². The lowest BCUT2D eigenvalue weighted by Crippen LogP contribution is -2.51. The Kier molecular flexibility index (Phi) is 7.90. The van der Waals surface area contributed by atoms with Crippen LogP contribution in [0.15, 0.2) is 35.1 Å². The van der Waals surface area contributed by atoms with Gasteiger partial charge in [-0.15, -0.1) is 0 Å². The van der Waals surface area contributed by atoms with Gasteiger partial charge in [0.05, 0.1) is 5.52 Å². The van der Waals surface area contributed by atoms with Gasteiger partial charge in [0.25, 0.3) is 11.5 Å². The highest BCUT2D eigenvalue weighted by molar-refractivity contribution is 5.97. The molecule has 33 heavy (non-hydrogen) atoms. The van der Waals surface area contributed by atoms with Crippen molar-refractivity contribution in [2.24, 2.45) is 0 Å². The molecule has 0 radical (unpaired) electrons. The molecule has 5 heteroatoms. The number of amides is 1. The van der Waals surface area contributed by atoms with E-state index < -0.39 is 0 Å². The van der Waals surface area contributed by atoms with E-state index in [1.54, 1.807) is 10.6 Å². The summed E-state index contributed by atoms with van der Waals surface area (Å²) in [7, 11) is 0. The Morgan fingerprint density at radius 1 is 1.03 bits per heavy atom. The number of para-hydroxylation sites is 1. The molecule has 1 aromatic carbocycles. The molecule has 1 N–H and O–H groups in total. The average molecular weight is 452 g/mol. The van der Waals surface area contributed by atoms with Crippen LogP contribution in [0, 0.1) is 0 Å². The summed E-state index contributed by atoms with van der Waals surface area (Å²) in [5.74, 6) is -0.214. The molecule has 2 bridgehead atoms. The number of fused-ring (bicyclic) bond motifs is 3. The van der Waals surface area contributed by atoms with E-state index in [0.717, 1.165) is 23.7 Å². The van der Waals surface area contributed by atoms with Crippen LogP contribution in [0.1, 0.15) is 101 Å². The molecule has 5 nitrogen and oxygen atoms in total. The summed E-state index contributed by atoms with van der Waals surface area (Å²) in [6.07, 6.45) is 12.5. The standard InChI is InChI=1S/C28H41N3O2/c1-4-5-6-7-8-11-16-30-23-14-15-24(30)19-22(18-23)29-27(32)25-17-21-12-9-10-13-26(21)31(20(2)3)28(25)33/h9-10,12-13,17,20,22-24H,4-8,11,14-16,18-19H2,1-3H3,(H,29,32)/t22?,23-,24+. The number of aromatic nitrogens is 1. The molecule has 3 atom stereocenters. The fourth-order valence-corrected chi connectivity index (χ4v) is 6.06. The number of nitrogens with zero attached hydrogens (tertiary/aromatic N) is 2. The highest BCUT2D eigenvalue weighted by Gasteiger charge is 2.40. The lowest BCUT2D eigenvalue weighted by atomic mass is 9.96. The van der Waals surface area contributed by atoms with E-state index in [9.17, 15) is 9.59 Å². The van der Waals surface area contributed by atoms with Crippen molar-refractivity contribution in [2.75, 3.05) is 6.54 Å². The van der Waals surface area contributed by atoms with Gasteiger partial charge in [0.2, 0.25) is 0 Å². The summed E-state index contributed by atoms with van der Waals surface area (Å²) >= 11 is 0. The topological polar surface area (TPSA) is 54.3 Å². The summed E-state index contributed by atoms with van der Waals surface area (Å²) in [5.41, 5.74) is 0.962. The number of nitrogens with one attached hydrogen (secondary N) is 1. The zero-order chi connectivity index (χ0) is 23.4. The van der Waals surface area contributed by atoms with E-state index in [0.29, 0.717) is 12.1 Å². The molecule has 0 saturated carbocycles. The third kappa shape index (κ3) is 5.34. The molecular weight excluding hydrogens is 410 g/mol. The molecule has 2 fully saturated rings. The minimum atomic E-state index is -0.214. The normalized spacial score (nSPS) is 22.8. The van der Waals surface area contributed by atoms with E-state index in [1.165, 1.54) is 57.9 Å². The molecule has 0 aliphatic carbocycles. The first-order valence-corrected chi connectivity index (χ1v) is 13.2. The number of hydrogen-bond donors (Lipinski definition) is 1. The fraction of sp³-hybridized carbons (Fsp3) is 0.643. The number of carbonyl (C=O) groups is 1. The van der Waals surface area contributed by atoms with Gasteiger partial charge in [-0.3, -0.25) is 14.5 Å². The summed E-state index contributed by atoms with van der Waals surface area (Å²) in [6.45, 7) is 7.45. The van der Waals surface area contributed by atoms with Gasteiger partial charge in [0, 0.05) is 24.2 Å². The number of rotatable bonds is 10. The highest BCUT2D eigenvalue weighted by Crippen LogP contribution is 2.36. The number of pyridine rings is 1. The van der Waals surface area contributed by atoms with Gasteiger partial charge in [-0.2, -0.15) is 0 Å². The van der Waals surface area contributed by atoms with Gasteiger partial charge in [-0.25, -0.2) is 0 Å². The van der Waals surface area contributed by atoms with Gasteiger partial charge >= 0.3 is 0 Å². The fourth-order valence-electron chi connectivity index (χ4n) is 6.06. The van der Waals surface area contributed by atoms with E-state index in [4.69, 9.17) is 0 Å².